The van der Waals surface area contributed by atoms with Gasteiger partial charge in [-0.05, 0) is 54.7 Å². The number of nitrogens with one attached hydrogen (secondary N) is 1. The molecule has 3 rings (SSSR count). The quantitative estimate of drug-likeness (QED) is 0.696. The lowest BCUT2D eigenvalue weighted by Gasteiger charge is -2.32. The average Bonchev–Trinajstić information content (AvgIpc) is 2.72. The number of nitrogens with zero attached hydrogens (tertiary/aromatic N) is 1. The SMILES string of the molecule is COC(=O)c1ccc(Cl)c(S(=O)(=O)NCc2ccc(N3CCC[C@@H](C)C3)cc2)c1. The van der Waals surface area contributed by atoms with E-state index < -0.39 is 16.0 Å². The van der Waals surface area contributed by atoms with E-state index in [1.54, 1.807) is 0 Å². The van der Waals surface area contributed by atoms with Crippen LogP contribution < -0.4 is 9.62 Å². The molecular weight excluding hydrogens is 412 g/mol. The lowest BCUT2D eigenvalue weighted by Crippen LogP contribution is -2.34. The Morgan fingerprint density at radius 3 is 2.62 bits per heavy atom. The second-order valence-corrected chi connectivity index (χ2v) is 9.46. The van der Waals surface area contributed by atoms with E-state index in [0.717, 1.165) is 24.3 Å². The van der Waals surface area contributed by atoms with Crippen LogP contribution in [0.4, 0.5) is 5.69 Å². The number of carbonyl (C=O) groups is 1. The molecule has 1 fully saturated rings. The number of rotatable bonds is 6. The van der Waals surface area contributed by atoms with E-state index in [9.17, 15) is 13.2 Å². The zero-order valence-corrected chi connectivity index (χ0v) is 18.1. The highest BCUT2D eigenvalue weighted by Crippen LogP contribution is 2.25. The van der Waals surface area contributed by atoms with Gasteiger partial charge in [-0.25, -0.2) is 17.9 Å². The minimum absolute atomic E-state index is 0.0414. The van der Waals surface area contributed by atoms with Crippen molar-refractivity contribution in [3.63, 3.8) is 0 Å². The normalized spacial score (nSPS) is 17.2. The van der Waals surface area contributed by atoms with E-state index in [1.807, 2.05) is 24.3 Å². The Balaban J connectivity index is 1.70. The predicted octanol–water partition coefficient (Wildman–Crippen LogP) is 3.84. The molecule has 156 valence electrons. The number of methoxy groups -OCH3 is 1. The Bertz CT molecular complexity index is 977. The number of benzene rings is 2. The first-order chi connectivity index (χ1) is 13.8. The van der Waals surface area contributed by atoms with Crippen molar-refractivity contribution in [2.75, 3.05) is 25.1 Å². The van der Waals surface area contributed by atoms with Crippen molar-refractivity contribution in [1.82, 2.24) is 4.72 Å². The summed E-state index contributed by atoms with van der Waals surface area (Å²) in [5.41, 5.74) is 2.11. The highest BCUT2D eigenvalue weighted by molar-refractivity contribution is 7.89. The Morgan fingerprint density at radius 2 is 1.97 bits per heavy atom. The predicted molar refractivity (Wildman–Crippen MR) is 114 cm³/mol. The van der Waals surface area contributed by atoms with Crippen molar-refractivity contribution in [3.05, 3.63) is 58.6 Å². The van der Waals surface area contributed by atoms with Gasteiger partial charge in [-0.15, -0.1) is 0 Å². The molecule has 29 heavy (non-hydrogen) atoms. The van der Waals surface area contributed by atoms with Gasteiger partial charge in [0.25, 0.3) is 0 Å². The van der Waals surface area contributed by atoms with Crippen LogP contribution in [0, 0.1) is 5.92 Å². The Labute approximate surface area is 176 Å². The number of ether oxygens (including phenoxy) is 1. The molecular formula is C21H25ClN2O4S. The van der Waals surface area contributed by atoms with Crippen LogP contribution in [0.25, 0.3) is 0 Å². The first kappa shape index (κ1) is 21.6. The maximum absolute atomic E-state index is 12.7. The molecule has 8 heteroatoms. The summed E-state index contributed by atoms with van der Waals surface area (Å²) in [5, 5.41) is 0.0414. The molecule has 0 spiro atoms. The molecule has 1 N–H and O–H groups in total. The molecule has 2 aromatic rings. The summed E-state index contributed by atoms with van der Waals surface area (Å²) in [5.74, 6) is 0.0569. The van der Waals surface area contributed by atoms with Crippen LogP contribution in [0.3, 0.4) is 0 Å². The van der Waals surface area contributed by atoms with Crippen molar-refractivity contribution in [2.45, 2.75) is 31.2 Å². The number of hydrogen-bond donors (Lipinski definition) is 1. The van der Waals surface area contributed by atoms with Crippen molar-refractivity contribution < 1.29 is 17.9 Å². The lowest BCUT2D eigenvalue weighted by molar-refractivity contribution is 0.0600. The van der Waals surface area contributed by atoms with Gasteiger partial charge < -0.3 is 9.64 Å². The first-order valence-corrected chi connectivity index (χ1v) is 11.4. The number of hydrogen-bond acceptors (Lipinski definition) is 5. The first-order valence-electron chi connectivity index (χ1n) is 9.51. The summed E-state index contributed by atoms with van der Waals surface area (Å²) < 4.78 is 32.6. The molecule has 1 aliphatic rings. The third-order valence-electron chi connectivity index (χ3n) is 5.07. The van der Waals surface area contributed by atoms with Crippen LogP contribution in [0.1, 0.15) is 35.7 Å². The monoisotopic (exact) mass is 436 g/mol. The molecule has 1 heterocycles. The smallest absolute Gasteiger partial charge is 0.337 e. The fraction of sp³-hybridized carbons (Fsp3) is 0.381. The van der Waals surface area contributed by atoms with Crippen LogP contribution in [-0.2, 0) is 21.3 Å². The van der Waals surface area contributed by atoms with Crippen LogP contribution in [0.2, 0.25) is 5.02 Å². The largest absolute Gasteiger partial charge is 0.465 e. The summed E-state index contributed by atoms with van der Waals surface area (Å²) in [7, 11) is -2.66. The number of piperidine rings is 1. The van der Waals surface area contributed by atoms with Gasteiger partial charge in [0.05, 0.1) is 17.7 Å². The van der Waals surface area contributed by atoms with E-state index >= 15 is 0 Å². The number of sulfonamides is 1. The molecule has 0 radical (unpaired) electrons. The van der Waals surface area contributed by atoms with Gasteiger partial charge in [-0.1, -0.05) is 30.7 Å². The van der Waals surface area contributed by atoms with Gasteiger partial charge in [0.2, 0.25) is 10.0 Å². The summed E-state index contributed by atoms with van der Waals surface area (Å²) in [6.07, 6.45) is 2.45. The topological polar surface area (TPSA) is 75.7 Å². The summed E-state index contributed by atoms with van der Waals surface area (Å²) >= 11 is 6.05. The number of esters is 1. The minimum Gasteiger partial charge on any atom is -0.465 e. The fourth-order valence-corrected chi connectivity index (χ4v) is 5.00. The fourth-order valence-electron chi connectivity index (χ4n) is 3.46. The molecule has 2 aromatic carbocycles. The number of anilines is 1. The van der Waals surface area contributed by atoms with Gasteiger partial charge >= 0.3 is 5.97 Å². The number of carbonyl (C=O) groups excluding carboxylic acids is 1. The van der Waals surface area contributed by atoms with Gasteiger partial charge in [-0.2, -0.15) is 0 Å². The Hall–Kier alpha value is -2.09. The van der Waals surface area contributed by atoms with E-state index in [4.69, 9.17) is 11.6 Å². The molecule has 0 aliphatic carbocycles. The highest BCUT2D eigenvalue weighted by atomic mass is 35.5. The van der Waals surface area contributed by atoms with Gasteiger partial charge in [0, 0.05) is 25.3 Å². The van der Waals surface area contributed by atoms with E-state index in [2.05, 4.69) is 21.3 Å². The molecule has 0 unspecified atom stereocenters. The molecule has 1 saturated heterocycles. The van der Waals surface area contributed by atoms with Crippen molar-refractivity contribution in [1.29, 1.82) is 0 Å². The third kappa shape index (κ3) is 5.29. The van der Waals surface area contributed by atoms with Crippen molar-refractivity contribution in [2.24, 2.45) is 5.92 Å². The summed E-state index contributed by atoms with van der Waals surface area (Å²) in [6, 6.07) is 11.9. The van der Waals surface area contributed by atoms with Gasteiger partial charge in [0.1, 0.15) is 4.90 Å². The van der Waals surface area contributed by atoms with Crippen molar-refractivity contribution in [3.8, 4) is 0 Å². The van der Waals surface area contributed by atoms with Gasteiger partial charge in [0.15, 0.2) is 0 Å². The summed E-state index contributed by atoms with van der Waals surface area (Å²) in [6.45, 7) is 4.47. The summed E-state index contributed by atoms with van der Waals surface area (Å²) in [4.78, 5) is 13.9. The van der Waals surface area contributed by atoms with E-state index in [-0.39, 0.29) is 22.0 Å². The van der Waals surface area contributed by atoms with E-state index in [1.165, 1.54) is 38.2 Å². The molecule has 6 nitrogen and oxygen atoms in total. The van der Waals surface area contributed by atoms with Crippen LogP contribution in [0.15, 0.2) is 47.4 Å². The lowest BCUT2D eigenvalue weighted by atomic mass is 9.99. The molecule has 0 bridgehead atoms. The Kier molecular flexibility index (Phi) is 6.82. The van der Waals surface area contributed by atoms with Gasteiger partial charge in [-0.3, -0.25) is 0 Å². The van der Waals surface area contributed by atoms with Crippen LogP contribution >= 0.6 is 11.6 Å². The standard InChI is InChI=1S/C21H25ClN2O4S/c1-15-4-3-11-24(14-15)18-8-5-16(6-9-18)13-23-29(26,27)20-12-17(21(25)28-2)7-10-19(20)22/h5-10,12,15,23H,3-4,11,13-14H2,1-2H3/t15-/m1/s1. The average molecular weight is 437 g/mol. The number of halogens is 1. The zero-order chi connectivity index (χ0) is 21.0. The molecule has 0 saturated carbocycles. The molecule has 1 aliphatic heterocycles. The second-order valence-electron chi connectivity index (χ2n) is 7.32. The van der Waals surface area contributed by atoms with Crippen LogP contribution in [-0.4, -0.2) is 34.6 Å². The van der Waals surface area contributed by atoms with Crippen LogP contribution in [0.5, 0.6) is 0 Å². The maximum Gasteiger partial charge on any atom is 0.337 e. The van der Waals surface area contributed by atoms with E-state index in [0.29, 0.717) is 5.92 Å². The molecule has 1 atom stereocenters. The zero-order valence-electron chi connectivity index (χ0n) is 16.5. The van der Waals surface area contributed by atoms with Crippen molar-refractivity contribution >= 4 is 33.3 Å². The third-order valence-corrected chi connectivity index (χ3v) is 6.95. The molecule has 0 aromatic heterocycles. The highest BCUT2D eigenvalue weighted by Gasteiger charge is 2.21. The second kappa shape index (κ2) is 9.15. The molecule has 0 amide bonds. The Morgan fingerprint density at radius 1 is 1.24 bits per heavy atom. The minimum atomic E-state index is -3.89. The maximum atomic E-state index is 12.7.